The number of carbonyl (C=O) groups excluding carboxylic acids is 1. The molecule has 0 fully saturated rings. The van der Waals surface area contributed by atoms with Crippen LogP contribution in [0.4, 0.5) is 25.0 Å². The second-order valence-electron chi connectivity index (χ2n) is 4.02. The molecule has 0 aliphatic rings. The molecule has 0 aliphatic carbocycles. The first kappa shape index (κ1) is 14.9. The van der Waals surface area contributed by atoms with E-state index < -0.39 is 17.7 Å². The zero-order chi connectivity index (χ0) is 15.4. The number of anilines is 2. The van der Waals surface area contributed by atoms with E-state index in [1.807, 2.05) is 6.07 Å². The number of carbonyl (C=O) groups is 1. The van der Waals surface area contributed by atoms with Crippen molar-refractivity contribution in [2.24, 2.45) is 0 Å². The minimum absolute atomic E-state index is 0.0346. The molecule has 0 unspecified atom stereocenters. The number of nitrogens with zero attached hydrogens (tertiary/aromatic N) is 1. The molecule has 0 saturated heterocycles. The molecule has 0 atom stereocenters. The number of amides is 2. The van der Waals surface area contributed by atoms with Gasteiger partial charge >= 0.3 is 6.03 Å². The fourth-order valence-electron chi connectivity index (χ4n) is 1.57. The third kappa shape index (κ3) is 3.77. The molecule has 0 spiro atoms. The van der Waals surface area contributed by atoms with Crippen molar-refractivity contribution in [3.8, 4) is 6.07 Å². The summed E-state index contributed by atoms with van der Waals surface area (Å²) in [6.45, 7) is 0. The minimum Gasteiger partial charge on any atom is -0.308 e. The van der Waals surface area contributed by atoms with Crippen molar-refractivity contribution in [3.63, 3.8) is 0 Å². The Labute approximate surface area is 127 Å². The summed E-state index contributed by atoms with van der Waals surface area (Å²) in [6, 6.07) is 9.16. The molecule has 2 aromatic rings. The number of halogens is 3. The normalized spacial score (nSPS) is 9.81. The third-order valence-corrected chi connectivity index (χ3v) is 3.12. The fraction of sp³-hybridized carbons (Fsp3) is 0. The van der Waals surface area contributed by atoms with E-state index in [0.29, 0.717) is 11.3 Å². The van der Waals surface area contributed by atoms with E-state index >= 15 is 0 Å². The molecule has 0 aliphatic heterocycles. The average molecular weight is 352 g/mol. The van der Waals surface area contributed by atoms with Crippen LogP contribution in [-0.4, -0.2) is 6.03 Å². The van der Waals surface area contributed by atoms with Crippen LogP contribution in [0.2, 0.25) is 0 Å². The van der Waals surface area contributed by atoms with Gasteiger partial charge in [0.15, 0.2) is 0 Å². The number of hydrogen-bond donors (Lipinski definition) is 2. The molecule has 0 heterocycles. The largest absolute Gasteiger partial charge is 0.323 e. The summed E-state index contributed by atoms with van der Waals surface area (Å²) in [5.41, 5.74) is 0.447. The Balaban J connectivity index is 2.12. The van der Waals surface area contributed by atoms with Crippen molar-refractivity contribution in [1.29, 1.82) is 5.26 Å². The Kier molecular flexibility index (Phi) is 4.50. The number of rotatable bonds is 2. The van der Waals surface area contributed by atoms with Crippen LogP contribution in [0.1, 0.15) is 5.56 Å². The van der Waals surface area contributed by atoms with E-state index in [1.54, 1.807) is 18.2 Å². The van der Waals surface area contributed by atoms with E-state index in [1.165, 1.54) is 6.07 Å². The van der Waals surface area contributed by atoms with Gasteiger partial charge in [0.1, 0.15) is 11.6 Å². The molecule has 7 heteroatoms. The Hall–Kier alpha value is -2.46. The van der Waals surface area contributed by atoms with Gasteiger partial charge < -0.3 is 10.6 Å². The maximum Gasteiger partial charge on any atom is 0.323 e. The van der Waals surface area contributed by atoms with Crippen LogP contribution in [0, 0.1) is 23.0 Å². The first-order valence-electron chi connectivity index (χ1n) is 5.72. The lowest BCUT2D eigenvalue weighted by Crippen LogP contribution is -2.20. The molecule has 0 bridgehead atoms. The third-order valence-electron chi connectivity index (χ3n) is 2.51. The molecule has 106 valence electrons. The van der Waals surface area contributed by atoms with Gasteiger partial charge in [-0.05, 0) is 40.2 Å². The molecule has 2 aromatic carbocycles. The van der Waals surface area contributed by atoms with Crippen molar-refractivity contribution in [1.82, 2.24) is 0 Å². The highest BCUT2D eigenvalue weighted by molar-refractivity contribution is 9.10. The Bertz CT molecular complexity index is 743. The van der Waals surface area contributed by atoms with E-state index in [2.05, 4.69) is 26.6 Å². The highest BCUT2D eigenvalue weighted by Gasteiger charge is 2.11. The SMILES string of the molecule is N#Cc1cccc(NC(=O)Nc2cc(F)c(Br)cc2F)c1. The molecule has 2 rings (SSSR count). The average Bonchev–Trinajstić information content (AvgIpc) is 2.45. The van der Waals surface area contributed by atoms with Gasteiger partial charge in [0.25, 0.3) is 0 Å². The van der Waals surface area contributed by atoms with Gasteiger partial charge in [-0.3, -0.25) is 0 Å². The number of hydrogen-bond acceptors (Lipinski definition) is 2. The molecule has 2 N–H and O–H groups in total. The summed E-state index contributed by atoms with van der Waals surface area (Å²) in [5, 5.41) is 13.4. The highest BCUT2D eigenvalue weighted by Crippen LogP contribution is 2.23. The van der Waals surface area contributed by atoms with Crippen LogP contribution in [-0.2, 0) is 0 Å². The maximum atomic E-state index is 13.6. The van der Waals surface area contributed by atoms with E-state index in [9.17, 15) is 13.6 Å². The van der Waals surface area contributed by atoms with Crippen LogP contribution >= 0.6 is 15.9 Å². The van der Waals surface area contributed by atoms with Crippen LogP contribution in [0.3, 0.4) is 0 Å². The molecule has 0 saturated carbocycles. The van der Waals surface area contributed by atoms with Gasteiger partial charge in [0.05, 0.1) is 21.8 Å². The first-order chi connectivity index (χ1) is 9.99. The van der Waals surface area contributed by atoms with E-state index in [-0.39, 0.29) is 10.2 Å². The maximum absolute atomic E-state index is 13.6. The van der Waals surface area contributed by atoms with Gasteiger partial charge in [-0.2, -0.15) is 5.26 Å². The molecule has 4 nitrogen and oxygen atoms in total. The monoisotopic (exact) mass is 351 g/mol. The van der Waals surface area contributed by atoms with Crippen LogP contribution < -0.4 is 10.6 Å². The van der Waals surface area contributed by atoms with Gasteiger partial charge in [-0.1, -0.05) is 6.07 Å². The topological polar surface area (TPSA) is 64.9 Å². The van der Waals surface area contributed by atoms with E-state index in [0.717, 1.165) is 12.1 Å². The molecule has 0 aromatic heterocycles. The molecule has 0 radical (unpaired) electrons. The summed E-state index contributed by atoms with van der Waals surface area (Å²) in [7, 11) is 0. The molecule has 2 amide bonds. The van der Waals surface area contributed by atoms with Crippen molar-refractivity contribution >= 4 is 33.3 Å². The zero-order valence-electron chi connectivity index (χ0n) is 10.5. The standard InChI is InChI=1S/C14H8BrF2N3O/c15-10-5-12(17)13(6-11(10)16)20-14(21)19-9-3-1-2-8(4-9)7-18/h1-6H,(H2,19,20,21). The zero-order valence-corrected chi connectivity index (χ0v) is 12.0. The van der Waals surface area contributed by atoms with Crippen LogP contribution in [0.5, 0.6) is 0 Å². The molecular formula is C14H8BrF2N3O. The summed E-state index contributed by atoms with van der Waals surface area (Å²) in [6.07, 6.45) is 0. The number of nitriles is 1. The summed E-state index contributed by atoms with van der Waals surface area (Å²) >= 11 is 2.84. The van der Waals surface area contributed by atoms with Crippen molar-refractivity contribution < 1.29 is 13.6 Å². The second-order valence-corrected chi connectivity index (χ2v) is 4.87. The molecule has 21 heavy (non-hydrogen) atoms. The quantitative estimate of drug-likeness (QED) is 0.794. The Morgan fingerprint density at radius 2 is 1.90 bits per heavy atom. The Morgan fingerprint density at radius 3 is 2.62 bits per heavy atom. The highest BCUT2D eigenvalue weighted by atomic mass is 79.9. The van der Waals surface area contributed by atoms with Gasteiger partial charge in [-0.15, -0.1) is 0 Å². The summed E-state index contributed by atoms with van der Waals surface area (Å²) in [5.74, 6) is -1.47. The van der Waals surface area contributed by atoms with Crippen LogP contribution in [0.15, 0.2) is 40.9 Å². The lowest BCUT2D eigenvalue weighted by molar-refractivity contribution is 0.262. The summed E-state index contributed by atoms with van der Waals surface area (Å²) < 4.78 is 26.8. The fourth-order valence-corrected chi connectivity index (χ4v) is 1.88. The van der Waals surface area contributed by atoms with Crippen LogP contribution in [0.25, 0.3) is 0 Å². The number of benzene rings is 2. The second kappa shape index (κ2) is 6.33. The number of nitrogens with one attached hydrogen (secondary N) is 2. The van der Waals surface area contributed by atoms with Gasteiger partial charge in [0, 0.05) is 11.8 Å². The summed E-state index contributed by atoms with van der Waals surface area (Å²) in [4.78, 5) is 11.7. The lowest BCUT2D eigenvalue weighted by Gasteiger charge is -2.09. The number of urea groups is 1. The van der Waals surface area contributed by atoms with Gasteiger partial charge in [-0.25, -0.2) is 13.6 Å². The smallest absolute Gasteiger partial charge is 0.308 e. The minimum atomic E-state index is -0.774. The lowest BCUT2D eigenvalue weighted by atomic mass is 10.2. The van der Waals surface area contributed by atoms with Crippen molar-refractivity contribution in [3.05, 3.63) is 58.1 Å². The Morgan fingerprint density at radius 1 is 1.14 bits per heavy atom. The predicted octanol–water partition coefficient (Wildman–Crippen LogP) is 4.24. The van der Waals surface area contributed by atoms with Gasteiger partial charge in [0.2, 0.25) is 0 Å². The first-order valence-corrected chi connectivity index (χ1v) is 6.51. The van der Waals surface area contributed by atoms with Crippen molar-refractivity contribution in [2.75, 3.05) is 10.6 Å². The predicted molar refractivity (Wildman–Crippen MR) is 77.9 cm³/mol. The van der Waals surface area contributed by atoms with E-state index in [4.69, 9.17) is 5.26 Å². The van der Waals surface area contributed by atoms with Crippen molar-refractivity contribution in [2.45, 2.75) is 0 Å². The molecular weight excluding hydrogens is 344 g/mol.